The summed E-state index contributed by atoms with van der Waals surface area (Å²) in [7, 11) is 0. The Hall–Kier alpha value is -7.48. The molecule has 1 heteroatoms. The third-order valence-electron chi connectivity index (χ3n) is 14.3. The van der Waals surface area contributed by atoms with Crippen LogP contribution in [0.5, 0.6) is 0 Å². The summed E-state index contributed by atoms with van der Waals surface area (Å²) in [5, 5.41) is 5.06. The Kier molecular flexibility index (Phi) is 8.30. The number of para-hydroxylation sites is 1. The van der Waals surface area contributed by atoms with Gasteiger partial charge >= 0.3 is 0 Å². The highest BCUT2D eigenvalue weighted by Gasteiger charge is 2.38. The molecule has 0 saturated carbocycles. The van der Waals surface area contributed by atoms with Gasteiger partial charge < -0.3 is 4.90 Å². The molecule has 0 atom stereocenters. The van der Waals surface area contributed by atoms with E-state index in [-0.39, 0.29) is 10.8 Å². The lowest BCUT2D eigenvalue weighted by Gasteiger charge is -2.30. The van der Waals surface area contributed by atoms with Gasteiger partial charge in [0.1, 0.15) is 0 Å². The maximum atomic E-state index is 2.50. The van der Waals surface area contributed by atoms with Crippen LogP contribution in [0, 0.1) is 0 Å². The highest BCUT2D eigenvalue weighted by Crippen LogP contribution is 2.55. The Morgan fingerprint density at radius 3 is 1.43 bits per heavy atom. The molecule has 0 amide bonds. The number of rotatable bonds is 6. The van der Waals surface area contributed by atoms with Crippen molar-refractivity contribution in [2.24, 2.45) is 0 Å². The molecule has 0 N–H and O–H groups in total. The molecule has 0 aromatic heterocycles. The molecular formula is C62H47N. The lowest BCUT2D eigenvalue weighted by molar-refractivity contribution is 0.660. The van der Waals surface area contributed by atoms with Crippen molar-refractivity contribution in [3.8, 4) is 55.6 Å². The van der Waals surface area contributed by atoms with E-state index in [2.05, 4.69) is 245 Å². The summed E-state index contributed by atoms with van der Waals surface area (Å²) < 4.78 is 0. The Bertz CT molecular complexity index is 3440. The third kappa shape index (κ3) is 5.56. The second kappa shape index (κ2) is 14.0. The van der Waals surface area contributed by atoms with Gasteiger partial charge in [0, 0.05) is 27.8 Å². The van der Waals surface area contributed by atoms with Crippen LogP contribution in [0.2, 0.25) is 0 Å². The Balaban J connectivity index is 1.09. The van der Waals surface area contributed by atoms with Crippen LogP contribution in [0.25, 0.3) is 77.2 Å². The van der Waals surface area contributed by atoms with Crippen LogP contribution in [0.3, 0.4) is 0 Å². The number of fused-ring (bicyclic) bond motifs is 9. The zero-order valence-corrected chi connectivity index (χ0v) is 36.2. The summed E-state index contributed by atoms with van der Waals surface area (Å²) in [5.41, 5.74) is 21.4. The summed E-state index contributed by atoms with van der Waals surface area (Å²) in [4.78, 5) is 2.50. The van der Waals surface area contributed by atoms with Gasteiger partial charge in [-0.3, -0.25) is 0 Å². The fourth-order valence-corrected chi connectivity index (χ4v) is 11.3. The van der Waals surface area contributed by atoms with E-state index in [1.54, 1.807) is 0 Å². The predicted molar refractivity (Wildman–Crippen MR) is 268 cm³/mol. The minimum atomic E-state index is -0.0991. The average molecular weight is 806 g/mol. The molecule has 300 valence electrons. The van der Waals surface area contributed by atoms with Crippen molar-refractivity contribution >= 4 is 38.6 Å². The van der Waals surface area contributed by atoms with E-state index >= 15 is 0 Å². The largest absolute Gasteiger partial charge is 0.310 e. The third-order valence-corrected chi connectivity index (χ3v) is 14.3. The van der Waals surface area contributed by atoms with Crippen LogP contribution in [0.4, 0.5) is 17.1 Å². The van der Waals surface area contributed by atoms with E-state index in [0.29, 0.717) is 0 Å². The number of nitrogens with zero attached hydrogens (tertiary/aromatic N) is 1. The average Bonchev–Trinajstić information content (AvgIpc) is 3.71. The van der Waals surface area contributed by atoms with Crippen molar-refractivity contribution in [2.45, 2.75) is 38.5 Å². The number of anilines is 3. The molecule has 63 heavy (non-hydrogen) atoms. The van der Waals surface area contributed by atoms with Gasteiger partial charge in [0.2, 0.25) is 0 Å². The Labute approximate surface area is 370 Å². The molecule has 1 nitrogen and oxygen atoms in total. The zero-order chi connectivity index (χ0) is 42.5. The Morgan fingerprint density at radius 1 is 0.286 bits per heavy atom. The van der Waals surface area contributed by atoms with E-state index in [1.165, 1.54) is 99.4 Å². The van der Waals surface area contributed by atoms with Crippen LogP contribution in [-0.2, 0) is 10.8 Å². The van der Waals surface area contributed by atoms with Gasteiger partial charge in [-0.2, -0.15) is 0 Å². The van der Waals surface area contributed by atoms with Gasteiger partial charge in [0.15, 0.2) is 0 Å². The van der Waals surface area contributed by atoms with E-state index < -0.39 is 0 Å². The van der Waals surface area contributed by atoms with Gasteiger partial charge in [-0.15, -0.1) is 0 Å². The van der Waals surface area contributed by atoms with Crippen molar-refractivity contribution in [1.82, 2.24) is 0 Å². The Morgan fingerprint density at radius 2 is 0.746 bits per heavy atom. The summed E-state index contributed by atoms with van der Waals surface area (Å²) in [6.07, 6.45) is 0. The van der Waals surface area contributed by atoms with Gasteiger partial charge in [-0.05, 0) is 124 Å². The molecule has 0 bridgehead atoms. The molecule has 0 aliphatic heterocycles. The van der Waals surface area contributed by atoms with Crippen molar-refractivity contribution in [3.63, 3.8) is 0 Å². The molecule has 2 aliphatic carbocycles. The second-order valence-corrected chi connectivity index (χ2v) is 18.4. The van der Waals surface area contributed by atoms with Crippen LogP contribution in [0.15, 0.2) is 212 Å². The lowest BCUT2D eigenvalue weighted by atomic mass is 9.82. The number of hydrogen-bond donors (Lipinski definition) is 0. The van der Waals surface area contributed by atoms with Gasteiger partial charge in [0.25, 0.3) is 0 Å². The fourth-order valence-electron chi connectivity index (χ4n) is 11.3. The van der Waals surface area contributed by atoms with Crippen LogP contribution >= 0.6 is 0 Å². The van der Waals surface area contributed by atoms with E-state index in [4.69, 9.17) is 0 Å². The summed E-state index contributed by atoms with van der Waals surface area (Å²) in [5.74, 6) is 0. The molecule has 10 aromatic rings. The standard InChI is InChI=1S/C62H47N/c1-61(2)53-29-15-12-23-46(53)52-39-43(37-38-55(52)61)63(57-32-17-14-24-47(57)50-28-18-31-56-60(50)51-27-13-16-30-54(51)62(56,3)4)42-35-33-41(34-36-42)59-49-26-11-9-22-45(49)44-21-8-10-25-48(44)58(59)40-19-6-5-7-20-40/h5-39H,1-4H3. The predicted octanol–water partition coefficient (Wildman–Crippen LogP) is 17.1. The van der Waals surface area contributed by atoms with Crippen LogP contribution in [0.1, 0.15) is 49.9 Å². The second-order valence-electron chi connectivity index (χ2n) is 18.4. The van der Waals surface area contributed by atoms with Crippen molar-refractivity contribution in [3.05, 3.63) is 235 Å². The first kappa shape index (κ1) is 37.3. The topological polar surface area (TPSA) is 3.24 Å². The molecule has 0 fully saturated rings. The van der Waals surface area contributed by atoms with E-state index in [0.717, 1.165) is 17.1 Å². The first-order chi connectivity index (χ1) is 30.8. The first-order valence-electron chi connectivity index (χ1n) is 22.3. The molecule has 0 radical (unpaired) electrons. The molecule has 10 aromatic carbocycles. The first-order valence-corrected chi connectivity index (χ1v) is 22.3. The maximum Gasteiger partial charge on any atom is 0.0540 e. The highest BCUT2D eigenvalue weighted by molar-refractivity contribution is 6.21. The van der Waals surface area contributed by atoms with Crippen molar-refractivity contribution < 1.29 is 0 Å². The van der Waals surface area contributed by atoms with E-state index in [1.807, 2.05) is 0 Å². The molecule has 0 saturated heterocycles. The minimum Gasteiger partial charge on any atom is -0.310 e. The molecule has 2 aliphatic rings. The molecule has 0 spiro atoms. The number of benzene rings is 10. The number of hydrogen-bond acceptors (Lipinski definition) is 1. The fraction of sp³-hybridized carbons (Fsp3) is 0.0968. The zero-order valence-electron chi connectivity index (χ0n) is 36.2. The lowest BCUT2D eigenvalue weighted by Crippen LogP contribution is -2.15. The molecule has 12 rings (SSSR count). The van der Waals surface area contributed by atoms with Crippen molar-refractivity contribution in [2.75, 3.05) is 4.90 Å². The minimum absolute atomic E-state index is 0.0846. The summed E-state index contributed by atoms with van der Waals surface area (Å²) >= 11 is 0. The molecule has 0 unspecified atom stereocenters. The SMILES string of the molecule is CC1(C)c2ccccc2-c2cc(N(c3ccc(-c4c(-c5ccccc5)c5ccccc5c5ccccc45)cc3)c3ccccc3-c3cccc4c3-c3ccccc3C4(C)C)ccc21. The normalized spacial score (nSPS) is 14.0. The molecule has 0 heterocycles. The van der Waals surface area contributed by atoms with Gasteiger partial charge in [-0.1, -0.05) is 210 Å². The van der Waals surface area contributed by atoms with Gasteiger partial charge in [0.05, 0.1) is 5.69 Å². The summed E-state index contributed by atoms with van der Waals surface area (Å²) in [6, 6.07) is 79.1. The monoisotopic (exact) mass is 805 g/mol. The van der Waals surface area contributed by atoms with Crippen LogP contribution < -0.4 is 4.90 Å². The summed E-state index contributed by atoms with van der Waals surface area (Å²) in [6.45, 7) is 9.46. The smallest absolute Gasteiger partial charge is 0.0540 e. The highest BCUT2D eigenvalue weighted by atomic mass is 15.1. The maximum absolute atomic E-state index is 2.50. The molecular weight excluding hydrogens is 759 g/mol. The quantitative estimate of drug-likeness (QED) is 0.151. The van der Waals surface area contributed by atoms with E-state index in [9.17, 15) is 0 Å². The van der Waals surface area contributed by atoms with Crippen molar-refractivity contribution in [1.29, 1.82) is 0 Å². The van der Waals surface area contributed by atoms with Gasteiger partial charge in [-0.25, -0.2) is 0 Å². The van der Waals surface area contributed by atoms with Crippen LogP contribution in [-0.4, -0.2) is 0 Å².